The van der Waals surface area contributed by atoms with E-state index in [4.69, 9.17) is 10.5 Å². The quantitative estimate of drug-likeness (QED) is 0.772. The SMILES string of the molecule is N#Cc1ncn(Cc2cc(F)ccc2C#N)n1. The molecular weight excluding hydrogens is 221 g/mol. The average molecular weight is 227 g/mol. The molecule has 6 heteroatoms. The van der Waals surface area contributed by atoms with Crippen molar-refractivity contribution in [3.05, 3.63) is 47.3 Å². The highest BCUT2D eigenvalue weighted by Crippen LogP contribution is 2.11. The molecule has 0 radical (unpaired) electrons. The van der Waals surface area contributed by atoms with Gasteiger partial charge >= 0.3 is 0 Å². The zero-order valence-corrected chi connectivity index (χ0v) is 8.63. The van der Waals surface area contributed by atoms with Crippen LogP contribution in [-0.2, 0) is 6.54 Å². The van der Waals surface area contributed by atoms with Crippen LogP contribution in [0.15, 0.2) is 24.5 Å². The highest BCUT2D eigenvalue weighted by Gasteiger charge is 2.06. The van der Waals surface area contributed by atoms with Gasteiger partial charge in [0.2, 0.25) is 0 Å². The monoisotopic (exact) mass is 227 g/mol. The van der Waals surface area contributed by atoms with Crippen LogP contribution < -0.4 is 0 Å². The maximum Gasteiger partial charge on any atom is 0.252 e. The normalized spacial score (nSPS) is 9.59. The maximum absolute atomic E-state index is 13.1. The Hall–Kier alpha value is -2.73. The first-order chi connectivity index (χ1) is 8.22. The van der Waals surface area contributed by atoms with Crippen LogP contribution in [-0.4, -0.2) is 14.8 Å². The maximum atomic E-state index is 13.1. The van der Waals surface area contributed by atoms with Gasteiger partial charge in [0.15, 0.2) is 0 Å². The van der Waals surface area contributed by atoms with Crippen molar-refractivity contribution in [2.24, 2.45) is 0 Å². The van der Waals surface area contributed by atoms with Crippen molar-refractivity contribution >= 4 is 0 Å². The summed E-state index contributed by atoms with van der Waals surface area (Å²) in [5, 5.41) is 21.3. The molecule has 1 heterocycles. The van der Waals surface area contributed by atoms with E-state index in [1.165, 1.54) is 29.2 Å². The molecule has 82 valence electrons. The third kappa shape index (κ3) is 2.27. The molecule has 0 saturated carbocycles. The molecule has 0 unspecified atom stereocenters. The lowest BCUT2D eigenvalue weighted by molar-refractivity contribution is 0.618. The topological polar surface area (TPSA) is 78.3 Å². The van der Waals surface area contributed by atoms with E-state index in [1.54, 1.807) is 6.07 Å². The van der Waals surface area contributed by atoms with E-state index >= 15 is 0 Å². The molecule has 2 rings (SSSR count). The predicted molar refractivity (Wildman–Crippen MR) is 55.0 cm³/mol. The van der Waals surface area contributed by atoms with E-state index in [0.717, 1.165) is 0 Å². The molecule has 1 aromatic heterocycles. The fourth-order valence-corrected chi connectivity index (χ4v) is 1.40. The van der Waals surface area contributed by atoms with E-state index in [0.29, 0.717) is 11.1 Å². The molecule has 0 aliphatic rings. The number of nitrogens with zero attached hydrogens (tertiary/aromatic N) is 5. The van der Waals surface area contributed by atoms with Crippen LogP contribution >= 0.6 is 0 Å². The first-order valence-corrected chi connectivity index (χ1v) is 4.71. The number of nitriles is 2. The van der Waals surface area contributed by atoms with E-state index < -0.39 is 5.82 Å². The number of aromatic nitrogens is 3. The molecule has 0 aliphatic heterocycles. The Balaban J connectivity index is 2.33. The molecule has 0 N–H and O–H groups in total. The summed E-state index contributed by atoms with van der Waals surface area (Å²) >= 11 is 0. The highest BCUT2D eigenvalue weighted by molar-refractivity contribution is 5.37. The van der Waals surface area contributed by atoms with E-state index in [9.17, 15) is 4.39 Å². The van der Waals surface area contributed by atoms with Gasteiger partial charge in [-0.15, -0.1) is 5.10 Å². The van der Waals surface area contributed by atoms with Crippen LogP contribution in [0.2, 0.25) is 0 Å². The number of benzene rings is 1. The second kappa shape index (κ2) is 4.42. The number of halogens is 1. The lowest BCUT2D eigenvalue weighted by Crippen LogP contribution is -2.03. The number of hydrogen-bond acceptors (Lipinski definition) is 4. The van der Waals surface area contributed by atoms with Crippen LogP contribution in [0.1, 0.15) is 17.0 Å². The van der Waals surface area contributed by atoms with Gasteiger partial charge in [-0.1, -0.05) is 0 Å². The van der Waals surface area contributed by atoms with Crippen molar-refractivity contribution in [3.63, 3.8) is 0 Å². The van der Waals surface area contributed by atoms with Gasteiger partial charge in [0.05, 0.1) is 18.2 Å². The van der Waals surface area contributed by atoms with Crippen LogP contribution in [0.3, 0.4) is 0 Å². The molecule has 0 fully saturated rings. The van der Waals surface area contributed by atoms with Gasteiger partial charge in [-0.25, -0.2) is 14.1 Å². The predicted octanol–water partition coefficient (Wildman–Crippen LogP) is 1.21. The Morgan fingerprint density at radius 1 is 1.29 bits per heavy atom. The lowest BCUT2D eigenvalue weighted by atomic mass is 10.1. The minimum Gasteiger partial charge on any atom is -0.247 e. The van der Waals surface area contributed by atoms with Gasteiger partial charge in [0, 0.05) is 0 Å². The van der Waals surface area contributed by atoms with Crippen molar-refractivity contribution < 1.29 is 4.39 Å². The third-order valence-corrected chi connectivity index (χ3v) is 2.16. The Morgan fingerprint density at radius 2 is 2.12 bits per heavy atom. The second-order valence-corrected chi connectivity index (χ2v) is 3.29. The summed E-state index contributed by atoms with van der Waals surface area (Å²) in [6.07, 6.45) is 1.37. The van der Waals surface area contributed by atoms with Crippen molar-refractivity contribution in [2.45, 2.75) is 6.54 Å². The van der Waals surface area contributed by atoms with Gasteiger partial charge in [-0.3, -0.25) is 0 Å². The second-order valence-electron chi connectivity index (χ2n) is 3.29. The molecule has 0 bridgehead atoms. The van der Waals surface area contributed by atoms with Crippen LogP contribution in [0, 0.1) is 28.5 Å². The smallest absolute Gasteiger partial charge is 0.247 e. The Kier molecular flexibility index (Phi) is 2.80. The van der Waals surface area contributed by atoms with Crippen LogP contribution in [0.4, 0.5) is 4.39 Å². The molecule has 2 aromatic rings. The molecule has 1 aromatic carbocycles. The zero-order chi connectivity index (χ0) is 12.3. The van der Waals surface area contributed by atoms with Gasteiger partial charge in [-0.05, 0) is 23.8 Å². The fourth-order valence-electron chi connectivity index (χ4n) is 1.40. The highest BCUT2D eigenvalue weighted by atomic mass is 19.1. The Labute approximate surface area is 96.4 Å². The largest absolute Gasteiger partial charge is 0.252 e. The summed E-state index contributed by atoms with van der Waals surface area (Å²) in [6.45, 7) is 0.204. The molecule has 5 nitrogen and oxygen atoms in total. The fraction of sp³-hybridized carbons (Fsp3) is 0.0909. The molecule has 0 spiro atoms. The van der Waals surface area contributed by atoms with Gasteiger partial charge in [-0.2, -0.15) is 10.5 Å². The van der Waals surface area contributed by atoms with Gasteiger partial charge < -0.3 is 0 Å². The molecule has 0 amide bonds. The molecule has 0 saturated heterocycles. The lowest BCUT2D eigenvalue weighted by Gasteiger charge is -2.03. The Morgan fingerprint density at radius 3 is 2.76 bits per heavy atom. The number of rotatable bonds is 2. The van der Waals surface area contributed by atoms with E-state index in [2.05, 4.69) is 10.1 Å². The van der Waals surface area contributed by atoms with E-state index in [-0.39, 0.29) is 12.4 Å². The first kappa shape index (κ1) is 10.8. The molecule has 0 aliphatic carbocycles. The average Bonchev–Trinajstić information content (AvgIpc) is 2.77. The molecule has 0 atom stereocenters. The molecule has 17 heavy (non-hydrogen) atoms. The van der Waals surface area contributed by atoms with Crippen LogP contribution in [0.5, 0.6) is 0 Å². The standard InChI is InChI=1S/C11H6FN5/c12-10-2-1-8(4-13)9(3-10)6-17-7-15-11(5-14)16-17/h1-3,7H,6H2. The van der Waals surface area contributed by atoms with E-state index in [1.807, 2.05) is 6.07 Å². The van der Waals surface area contributed by atoms with Crippen molar-refractivity contribution in [1.29, 1.82) is 10.5 Å². The van der Waals surface area contributed by atoms with Crippen molar-refractivity contribution in [2.75, 3.05) is 0 Å². The Bertz CT molecular complexity index is 632. The summed E-state index contributed by atoms with van der Waals surface area (Å²) in [6, 6.07) is 7.67. The minimum absolute atomic E-state index is 0.0416. The summed E-state index contributed by atoms with van der Waals surface area (Å²) in [5.74, 6) is -0.375. The summed E-state index contributed by atoms with van der Waals surface area (Å²) in [4.78, 5) is 3.72. The first-order valence-electron chi connectivity index (χ1n) is 4.71. The minimum atomic E-state index is -0.417. The van der Waals surface area contributed by atoms with Gasteiger partial charge in [0.25, 0.3) is 5.82 Å². The molecular formula is C11H6FN5. The van der Waals surface area contributed by atoms with Crippen molar-refractivity contribution in [3.8, 4) is 12.1 Å². The number of hydrogen-bond donors (Lipinski definition) is 0. The summed E-state index contributed by atoms with van der Waals surface area (Å²) < 4.78 is 14.4. The summed E-state index contributed by atoms with van der Waals surface area (Å²) in [5.41, 5.74) is 0.877. The summed E-state index contributed by atoms with van der Waals surface area (Å²) in [7, 11) is 0. The van der Waals surface area contributed by atoms with Crippen molar-refractivity contribution in [1.82, 2.24) is 14.8 Å². The van der Waals surface area contributed by atoms with Gasteiger partial charge in [0.1, 0.15) is 18.2 Å². The zero-order valence-electron chi connectivity index (χ0n) is 8.63. The van der Waals surface area contributed by atoms with Crippen LogP contribution in [0.25, 0.3) is 0 Å². The third-order valence-electron chi connectivity index (χ3n) is 2.16.